The SMILES string of the molecule is CCC(=O)c1ccc(N2CCOCC2(C)C)cc1. The average molecular weight is 247 g/mol. The van der Waals surface area contributed by atoms with E-state index in [-0.39, 0.29) is 11.3 Å². The summed E-state index contributed by atoms with van der Waals surface area (Å²) in [4.78, 5) is 13.9. The lowest BCUT2D eigenvalue weighted by atomic mass is 10.0. The summed E-state index contributed by atoms with van der Waals surface area (Å²) in [7, 11) is 0. The summed E-state index contributed by atoms with van der Waals surface area (Å²) in [5.41, 5.74) is 1.97. The van der Waals surface area contributed by atoms with Gasteiger partial charge in [-0.3, -0.25) is 4.79 Å². The Labute approximate surface area is 109 Å². The molecule has 1 fully saturated rings. The predicted octanol–water partition coefficient (Wildman–Crippen LogP) is 2.89. The number of ether oxygens (including phenoxy) is 1. The van der Waals surface area contributed by atoms with E-state index in [4.69, 9.17) is 4.74 Å². The lowest BCUT2D eigenvalue weighted by Gasteiger charge is -2.43. The quantitative estimate of drug-likeness (QED) is 0.769. The highest BCUT2D eigenvalue weighted by atomic mass is 16.5. The van der Waals surface area contributed by atoms with Crippen LogP contribution in [0, 0.1) is 0 Å². The van der Waals surface area contributed by atoms with Crippen LogP contribution in [0.25, 0.3) is 0 Å². The minimum atomic E-state index is 0.00846. The van der Waals surface area contributed by atoms with E-state index in [1.54, 1.807) is 0 Å². The van der Waals surface area contributed by atoms with E-state index in [1.165, 1.54) is 0 Å². The van der Waals surface area contributed by atoms with Crippen LogP contribution >= 0.6 is 0 Å². The minimum Gasteiger partial charge on any atom is -0.377 e. The normalized spacial score (nSPS) is 18.7. The summed E-state index contributed by atoms with van der Waals surface area (Å²) < 4.78 is 5.52. The van der Waals surface area contributed by atoms with Crippen LogP contribution in [0.4, 0.5) is 5.69 Å². The molecule has 1 aromatic rings. The van der Waals surface area contributed by atoms with Gasteiger partial charge in [-0.2, -0.15) is 0 Å². The molecule has 0 aromatic heterocycles. The Kier molecular flexibility index (Phi) is 3.71. The molecule has 1 aromatic carbocycles. The van der Waals surface area contributed by atoms with E-state index in [2.05, 4.69) is 18.7 Å². The maximum Gasteiger partial charge on any atom is 0.162 e. The fourth-order valence-corrected chi connectivity index (χ4v) is 2.37. The molecule has 0 atom stereocenters. The molecule has 1 heterocycles. The van der Waals surface area contributed by atoms with Gasteiger partial charge in [-0.25, -0.2) is 0 Å². The Morgan fingerprint density at radius 1 is 1.33 bits per heavy atom. The van der Waals surface area contributed by atoms with Crippen molar-refractivity contribution in [3.05, 3.63) is 29.8 Å². The number of Topliss-reactive ketones (excluding diaryl/α,β-unsaturated/α-hetero) is 1. The van der Waals surface area contributed by atoms with Crippen molar-refractivity contribution >= 4 is 11.5 Å². The second-order valence-electron chi connectivity index (χ2n) is 5.34. The van der Waals surface area contributed by atoms with Crippen LogP contribution in [0.2, 0.25) is 0 Å². The standard InChI is InChI=1S/C15H21NO2/c1-4-14(17)12-5-7-13(8-6-12)16-9-10-18-11-15(16,2)3/h5-8H,4,9-11H2,1-3H3. The molecule has 0 spiro atoms. The van der Waals surface area contributed by atoms with Gasteiger partial charge in [0.25, 0.3) is 0 Å². The number of hydrogen-bond acceptors (Lipinski definition) is 3. The van der Waals surface area contributed by atoms with Crippen LogP contribution < -0.4 is 4.90 Å². The van der Waals surface area contributed by atoms with Crippen LogP contribution in [-0.4, -0.2) is 31.1 Å². The van der Waals surface area contributed by atoms with Gasteiger partial charge < -0.3 is 9.64 Å². The molecule has 1 aliphatic heterocycles. The summed E-state index contributed by atoms with van der Waals surface area (Å²) in [6.07, 6.45) is 0.558. The molecule has 0 aliphatic carbocycles. The van der Waals surface area contributed by atoms with E-state index >= 15 is 0 Å². The van der Waals surface area contributed by atoms with Crippen molar-refractivity contribution in [2.75, 3.05) is 24.7 Å². The first kappa shape index (κ1) is 13.1. The summed E-state index contributed by atoms with van der Waals surface area (Å²) in [5, 5.41) is 0. The van der Waals surface area contributed by atoms with Crippen molar-refractivity contribution in [3.63, 3.8) is 0 Å². The fourth-order valence-electron chi connectivity index (χ4n) is 2.37. The molecular weight excluding hydrogens is 226 g/mol. The number of hydrogen-bond donors (Lipinski definition) is 0. The van der Waals surface area contributed by atoms with Gasteiger partial charge in [-0.15, -0.1) is 0 Å². The molecule has 2 rings (SSSR count). The van der Waals surface area contributed by atoms with Gasteiger partial charge in [-0.1, -0.05) is 6.92 Å². The average Bonchev–Trinajstić information content (AvgIpc) is 2.37. The minimum absolute atomic E-state index is 0.00846. The third-order valence-electron chi connectivity index (χ3n) is 3.47. The molecule has 1 aliphatic rings. The second-order valence-corrected chi connectivity index (χ2v) is 5.34. The molecule has 0 bridgehead atoms. The number of nitrogens with zero attached hydrogens (tertiary/aromatic N) is 1. The van der Waals surface area contributed by atoms with E-state index in [0.29, 0.717) is 6.42 Å². The molecule has 18 heavy (non-hydrogen) atoms. The third kappa shape index (κ3) is 2.56. The molecule has 1 saturated heterocycles. The largest absolute Gasteiger partial charge is 0.377 e. The molecule has 0 N–H and O–H groups in total. The first-order valence-corrected chi connectivity index (χ1v) is 6.53. The van der Waals surface area contributed by atoms with E-state index < -0.39 is 0 Å². The van der Waals surface area contributed by atoms with Gasteiger partial charge in [0.05, 0.1) is 18.8 Å². The third-order valence-corrected chi connectivity index (χ3v) is 3.47. The number of anilines is 1. The van der Waals surface area contributed by atoms with Gasteiger partial charge in [0.15, 0.2) is 5.78 Å². The number of carbonyl (C=O) groups is 1. The van der Waals surface area contributed by atoms with Crippen molar-refractivity contribution in [3.8, 4) is 0 Å². The number of morpholine rings is 1. The van der Waals surface area contributed by atoms with Gasteiger partial charge in [0.1, 0.15) is 0 Å². The highest BCUT2D eigenvalue weighted by Crippen LogP contribution is 2.27. The molecular formula is C15H21NO2. The zero-order chi connectivity index (χ0) is 13.2. The Morgan fingerprint density at radius 2 is 2.00 bits per heavy atom. The molecule has 0 amide bonds. The van der Waals surface area contributed by atoms with E-state index in [0.717, 1.165) is 31.0 Å². The van der Waals surface area contributed by atoms with Crippen molar-refractivity contribution < 1.29 is 9.53 Å². The van der Waals surface area contributed by atoms with Crippen LogP contribution in [0.3, 0.4) is 0 Å². The summed E-state index contributed by atoms with van der Waals surface area (Å²) in [6.45, 7) is 8.64. The highest BCUT2D eigenvalue weighted by molar-refractivity contribution is 5.96. The van der Waals surface area contributed by atoms with Gasteiger partial charge in [0, 0.05) is 24.2 Å². The lowest BCUT2D eigenvalue weighted by molar-refractivity contribution is 0.0644. The summed E-state index contributed by atoms with van der Waals surface area (Å²) >= 11 is 0. The molecule has 0 unspecified atom stereocenters. The highest BCUT2D eigenvalue weighted by Gasteiger charge is 2.30. The summed E-state index contributed by atoms with van der Waals surface area (Å²) in [5.74, 6) is 0.197. The first-order valence-electron chi connectivity index (χ1n) is 6.53. The van der Waals surface area contributed by atoms with E-state index in [1.807, 2.05) is 31.2 Å². The topological polar surface area (TPSA) is 29.5 Å². The maximum atomic E-state index is 11.6. The van der Waals surface area contributed by atoms with Crippen molar-refractivity contribution in [2.45, 2.75) is 32.7 Å². The summed E-state index contributed by atoms with van der Waals surface area (Å²) in [6, 6.07) is 7.92. The van der Waals surface area contributed by atoms with Crippen molar-refractivity contribution in [1.82, 2.24) is 0 Å². The number of benzene rings is 1. The molecule has 3 nitrogen and oxygen atoms in total. The molecule has 98 valence electrons. The smallest absolute Gasteiger partial charge is 0.162 e. The van der Waals surface area contributed by atoms with Crippen molar-refractivity contribution in [1.29, 1.82) is 0 Å². The maximum absolute atomic E-state index is 11.6. The number of carbonyl (C=O) groups excluding carboxylic acids is 1. The molecule has 3 heteroatoms. The van der Waals surface area contributed by atoms with Gasteiger partial charge >= 0.3 is 0 Å². The van der Waals surface area contributed by atoms with Crippen LogP contribution in [-0.2, 0) is 4.74 Å². The van der Waals surface area contributed by atoms with Gasteiger partial charge in [-0.05, 0) is 38.1 Å². The van der Waals surface area contributed by atoms with Crippen LogP contribution in [0.15, 0.2) is 24.3 Å². The zero-order valence-corrected chi connectivity index (χ0v) is 11.4. The fraction of sp³-hybridized carbons (Fsp3) is 0.533. The lowest BCUT2D eigenvalue weighted by Crippen LogP contribution is -2.53. The zero-order valence-electron chi connectivity index (χ0n) is 11.4. The number of rotatable bonds is 3. The van der Waals surface area contributed by atoms with E-state index in [9.17, 15) is 4.79 Å². The predicted molar refractivity (Wildman–Crippen MR) is 73.3 cm³/mol. The molecule has 0 radical (unpaired) electrons. The second kappa shape index (κ2) is 5.11. The Bertz CT molecular complexity index is 423. The monoisotopic (exact) mass is 247 g/mol. The number of ketones is 1. The Balaban J connectivity index is 2.21. The van der Waals surface area contributed by atoms with Gasteiger partial charge in [0.2, 0.25) is 0 Å². The Hall–Kier alpha value is -1.35. The van der Waals surface area contributed by atoms with Crippen molar-refractivity contribution in [2.24, 2.45) is 0 Å². The molecule has 0 saturated carbocycles. The van der Waals surface area contributed by atoms with Crippen LogP contribution in [0.5, 0.6) is 0 Å². The Morgan fingerprint density at radius 3 is 2.56 bits per heavy atom. The van der Waals surface area contributed by atoms with Crippen LogP contribution in [0.1, 0.15) is 37.6 Å². The first-order chi connectivity index (χ1) is 8.54.